The van der Waals surface area contributed by atoms with Crippen molar-refractivity contribution in [3.8, 4) is 0 Å². The Hall–Kier alpha value is -1.94. The van der Waals surface area contributed by atoms with Crippen LogP contribution in [-0.4, -0.2) is 29.7 Å². The second-order valence-corrected chi connectivity index (χ2v) is 5.36. The summed E-state index contributed by atoms with van der Waals surface area (Å²) in [4.78, 5) is 11.1. The maximum atomic E-state index is 6.04. The predicted octanol–water partition coefficient (Wildman–Crippen LogP) is 2.54. The van der Waals surface area contributed by atoms with E-state index in [-0.39, 0.29) is 5.60 Å². The molecule has 4 heteroatoms. The normalized spacial score (nSPS) is 22.8. The van der Waals surface area contributed by atoms with Crippen molar-refractivity contribution in [1.82, 2.24) is 9.97 Å². The molecule has 2 heterocycles. The molecule has 20 heavy (non-hydrogen) atoms. The third kappa shape index (κ3) is 2.51. The van der Waals surface area contributed by atoms with Crippen LogP contribution in [0, 0.1) is 6.92 Å². The maximum absolute atomic E-state index is 6.04. The number of anilines is 1. The largest absolute Gasteiger partial charge is 0.367 e. The van der Waals surface area contributed by atoms with Crippen LogP contribution < -0.4 is 4.90 Å². The molecule has 2 aromatic rings. The third-order valence-corrected chi connectivity index (χ3v) is 3.72. The fraction of sp³-hybridized carbons (Fsp3) is 0.375. The molecule has 1 saturated heterocycles. The molecule has 1 aromatic heterocycles. The van der Waals surface area contributed by atoms with Gasteiger partial charge in [-0.05, 0) is 25.5 Å². The first kappa shape index (κ1) is 13.1. The lowest BCUT2D eigenvalue weighted by atomic mass is 9.94. The van der Waals surface area contributed by atoms with Gasteiger partial charge in [0, 0.05) is 18.4 Å². The van der Waals surface area contributed by atoms with E-state index in [1.165, 1.54) is 5.56 Å². The van der Waals surface area contributed by atoms with Gasteiger partial charge >= 0.3 is 0 Å². The van der Waals surface area contributed by atoms with Gasteiger partial charge in [-0.3, -0.25) is 0 Å². The second kappa shape index (κ2) is 5.21. The number of benzene rings is 1. The van der Waals surface area contributed by atoms with Crippen LogP contribution in [-0.2, 0) is 10.3 Å². The quantitative estimate of drug-likeness (QED) is 0.839. The van der Waals surface area contributed by atoms with Gasteiger partial charge in [0.05, 0.1) is 13.2 Å². The van der Waals surface area contributed by atoms with Crippen molar-refractivity contribution in [2.24, 2.45) is 0 Å². The van der Waals surface area contributed by atoms with Crippen LogP contribution in [0.3, 0.4) is 0 Å². The number of morpholine rings is 1. The van der Waals surface area contributed by atoms with Gasteiger partial charge in [0.15, 0.2) is 0 Å². The SMILES string of the molecule is Cc1ccnc(N2CCOC(C)(c3ccccc3)C2)n1. The number of aromatic nitrogens is 2. The molecule has 0 spiro atoms. The molecule has 0 bridgehead atoms. The number of hydrogen-bond donors (Lipinski definition) is 0. The molecule has 0 radical (unpaired) electrons. The molecule has 1 unspecified atom stereocenters. The fourth-order valence-electron chi connectivity index (χ4n) is 2.59. The molecular weight excluding hydrogens is 250 g/mol. The van der Waals surface area contributed by atoms with E-state index in [9.17, 15) is 0 Å². The molecule has 3 rings (SSSR count). The fourth-order valence-corrected chi connectivity index (χ4v) is 2.59. The Morgan fingerprint density at radius 3 is 2.75 bits per heavy atom. The summed E-state index contributed by atoms with van der Waals surface area (Å²) in [6.07, 6.45) is 1.81. The van der Waals surface area contributed by atoms with E-state index in [0.29, 0.717) is 6.61 Å². The zero-order valence-electron chi connectivity index (χ0n) is 11.9. The first-order valence-electron chi connectivity index (χ1n) is 6.91. The van der Waals surface area contributed by atoms with Gasteiger partial charge in [-0.1, -0.05) is 30.3 Å². The van der Waals surface area contributed by atoms with Gasteiger partial charge in [-0.25, -0.2) is 9.97 Å². The predicted molar refractivity (Wildman–Crippen MR) is 78.7 cm³/mol. The number of rotatable bonds is 2. The Morgan fingerprint density at radius 1 is 1.20 bits per heavy atom. The number of hydrogen-bond acceptors (Lipinski definition) is 4. The van der Waals surface area contributed by atoms with Crippen LogP contribution in [0.15, 0.2) is 42.6 Å². The van der Waals surface area contributed by atoms with Crippen molar-refractivity contribution in [3.05, 3.63) is 53.9 Å². The highest BCUT2D eigenvalue weighted by Crippen LogP contribution is 2.30. The molecule has 0 N–H and O–H groups in total. The highest BCUT2D eigenvalue weighted by atomic mass is 16.5. The smallest absolute Gasteiger partial charge is 0.225 e. The van der Waals surface area contributed by atoms with E-state index in [4.69, 9.17) is 4.74 Å². The Bertz CT molecular complexity index is 587. The van der Waals surface area contributed by atoms with Crippen LogP contribution in [0.2, 0.25) is 0 Å². The standard InChI is InChI=1S/C16H19N3O/c1-13-8-9-17-15(18-13)19-10-11-20-16(2,12-19)14-6-4-3-5-7-14/h3-9H,10-12H2,1-2H3. The number of nitrogens with zero attached hydrogens (tertiary/aromatic N) is 3. The molecule has 0 aliphatic carbocycles. The van der Waals surface area contributed by atoms with Gasteiger partial charge in [-0.2, -0.15) is 0 Å². The summed E-state index contributed by atoms with van der Waals surface area (Å²) in [5.41, 5.74) is 1.87. The molecular formula is C16H19N3O. The molecule has 1 aliphatic heterocycles. The summed E-state index contributed by atoms with van der Waals surface area (Å²) in [5, 5.41) is 0. The Labute approximate surface area is 119 Å². The average Bonchev–Trinajstić information content (AvgIpc) is 2.48. The van der Waals surface area contributed by atoms with Crippen LogP contribution in [0.5, 0.6) is 0 Å². The summed E-state index contributed by atoms with van der Waals surface area (Å²) >= 11 is 0. The molecule has 1 aliphatic rings. The Kier molecular flexibility index (Phi) is 3.40. The van der Waals surface area contributed by atoms with Gasteiger partial charge in [0.25, 0.3) is 0 Å². The lowest BCUT2D eigenvalue weighted by Gasteiger charge is -2.40. The molecule has 0 saturated carbocycles. The minimum Gasteiger partial charge on any atom is -0.367 e. The summed E-state index contributed by atoms with van der Waals surface area (Å²) < 4.78 is 6.04. The lowest BCUT2D eigenvalue weighted by molar-refractivity contribution is -0.0470. The molecule has 0 amide bonds. The van der Waals surface area contributed by atoms with E-state index in [1.54, 1.807) is 0 Å². The Morgan fingerprint density at radius 2 is 2.00 bits per heavy atom. The first-order valence-corrected chi connectivity index (χ1v) is 6.91. The highest BCUT2D eigenvalue weighted by molar-refractivity contribution is 5.34. The average molecular weight is 269 g/mol. The van der Waals surface area contributed by atoms with Crippen LogP contribution in [0.4, 0.5) is 5.95 Å². The monoisotopic (exact) mass is 269 g/mol. The minimum absolute atomic E-state index is 0.313. The second-order valence-electron chi connectivity index (χ2n) is 5.36. The van der Waals surface area contributed by atoms with Crippen LogP contribution in [0.1, 0.15) is 18.2 Å². The van der Waals surface area contributed by atoms with E-state index < -0.39 is 0 Å². The van der Waals surface area contributed by atoms with Gasteiger partial charge in [-0.15, -0.1) is 0 Å². The van der Waals surface area contributed by atoms with Crippen LogP contribution in [0.25, 0.3) is 0 Å². The molecule has 1 fully saturated rings. The zero-order valence-corrected chi connectivity index (χ0v) is 11.9. The number of aryl methyl sites for hydroxylation is 1. The zero-order chi connectivity index (χ0) is 14.0. The molecule has 1 aromatic carbocycles. The van der Waals surface area contributed by atoms with Gasteiger partial charge in [0.1, 0.15) is 5.60 Å². The molecule has 4 nitrogen and oxygen atoms in total. The van der Waals surface area contributed by atoms with Crippen molar-refractivity contribution < 1.29 is 4.74 Å². The summed E-state index contributed by atoms with van der Waals surface area (Å²) in [6, 6.07) is 12.3. The van der Waals surface area contributed by atoms with E-state index in [2.05, 4.69) is 33.9 Å². The van der Waals surface area contributed by atoms with Crippen molar-refractivity contribution >= 4 is 5.95 Å². The minimum atomic E-state index is -0.313. The van der Waals surface area contributed by atoms with Crippen molar-refractivity contribution in [2.75, 3.05) is 24.6 Å². The van der Waals surface area contributed by atoms with E-state index in [0.717, 1.165) is 24.7 Å². The van der Waals surface area contributed by atoms with E-state index >= 15 is 0 Å². The third-order valence-electron chi connectivity index (χ3n) is 3.72. The Balaban J connectivity index is 1.87. The molecule has 1 atom stereocenters. The van der Waals surface area contributed by atoms with Gasteiger partial charge in [0.2, 0.25) is 5.95 Å². The van der Waals surface area contributed by atoms with Crippen molar-refractivity contribution in [2.45, 2.75) is 19.4 Å². The summed E-state index contributed by atoms with van der Waals surface area (Å²) in [7, 11) is 0. The van der Waals surface area contributed by atoms with Crippen LogP contribution >= 0.6 is 0 Å². The van der Waals surface area contributed by atoms with Crippen molar-refractivity contribution in [1.29, 1.82) is 0 Å². The maximum Gasteiger partial charge on any atom is 0.225 e. The van der Waals surface area contributed by atoms with Crippen molar-refractivity contribution in [3.63, 3.8) is 0 Å². The highest BCUT2D eigenvalue weighted by Gasteiger charge is 2.34. The van der Waals surface area contributed by atoms with Gasteiger partial charge < -0.3 is 9.64 Å². The first-order chi connectivity index (χ1) is 9.67. The molecule has 104 valence electrons. The summed E-state index contributed by atoms with van der Waals surface area (Å²) in [5.74, 6) is 0.787. The summed E-state index contributed by atoms with van der Waals surface area (Å²) in [6.45, 7) is 6.39. The lowest BCUT2D eigenvalue weighted by Crippen LogP contribution is -2.49. The topological polar surface area (TPSA) is 38.2 Å². The number of ether oxygens (including phenoxy) is 1. The van der Waals surface area contributed by atoms with E-state index in [1.807, 2.05) is 37.4 Å².